The standard InChI is InChI=1S/C22H25Cl2N3O/c1-2-22(28)25-13-7-3-4-10-21-26-19-8-5-6-9-20(19)27(21)15-16-11-12-17(23)14-18(16)24/h5-6,8-9,11-12,14H,2-4,7,10,13,15H2,1H3,(H,25,28). The van der Waals surface area contributed by atoms with Crippen LogP contribution in [0.25, 0.3) is 11.0 Å². The molecule has 1 aromatic heterocycles. The molecule has 0 radical (unpaired) electrons. The van der Waals surface area contributed by atoms with Crippen molar-refractivity contribution in [3.8, 4) is 0 Å². The Bertz CT molecular complexity index is 952. The van der Waals surface area contributed by atoms with Crippen molar-refractivity contribution in [3.05, 3.63) is 63.9 Å². The normalized spacial score (nSPS) is 11.1. The highest BCUT2D eigenvalue weighted by Gasteiger charge is 2.12. The number of hydrogen-bond acceptors (Lipinski definition) is 2. The highest BCUT2D eigenvalue weighted by molar-refractivity contribution is 6.35. The van der Waals surface area contributed by atoms with Crippen LogP contribution in [0.2, 0.25) is 10.0 Å². The van der Waals surface area contributed by atoms with E-state index in [-0.39, 0.29) is 5.91 Å². The van der Waals surface area contributed by atoms with Crippen molar-refractivity contribution in [2.75, 3.05) is 6.54 Å². The summed E-state index contributed by atoms with van der Waals surface area (Å²) in [6.45, 7) is 3.27. The molecule has 148 valence electrons. The van der Waals surface area contributed by atoms with Gasteiger partial charge in [-0.15, -0.1) is 0 Å². The van der Waals surface area contributed by atoms with E-state index in [1.807, 2.05) is 37.3 Å². The minimum atomic E-state index is 0.113. The average molecular weight is 418 g/mol. The van der Waals surface area contributed by atoms with E-state index >= 15 is 0 Å². The first-order chi connectivity index (χ1) is 13.6. The molecule has 1 heterocycles. The Morgan fingerprint density at radius 2 is 1.93 bits per heavy atom. The number of hydrogen-bond donors (Lipinski definition) is 1. The van der Waals surface area contributed by atoms with E-state index in [2.05, 4.69) is 16.0 Å². The lowest BCUT2D eigenvalue weighted by atomic mass is 10.1. The number of rotatable bonds is 9. The lowest BCUT2D eigenvalue weighted by molar-refractivity contribution is -0.120. The minimum Gasteiger partial charge on any atom is -0.356 e. The van der Waals surface area contributed by atoms with Crippen LogP contribution in [0.15, 0.2) is 42.5 Å². The zero-order valence-corrected chi connectivity index (χ0v) is 17.6. The van der Waals surface area contributed by atoms with E-state index < -0.39 is 0 Å². The van der Waals surface area contributed by atoms with Gasteiger partial charge in [-0.3, -0.25) is 4.79 Å². The molecule has 0 aliphatic heterocycles. The van der Waals surface area contributed by atoms with Gasteiger partial charge in [0.05, 0.1) is 17.6 Å². The number of fused-ring (bicyclic) bond motifs is 1. The van der Waals surface area contributed by atoms with E-state index in [0.29, 0.717) is 23.0 Å². The van der Waals surface area contributed by atoms with E-state index in [4.69, 9.17) is 28.2 Å². The summed E-state index contributed by atoms with van der Waals surface area (Å²) in [5.74, 6) is 1.17. The Balaban J connectivity index is 1.69. The highest BCUT2D eigenvalue weighted by atomic mass is 35.5. The van der Waals surface area contributed by atoms with Crippen LogP contribution in [0, 0.1) is 0 Å². The average Bonchev–Trinajstić information content (AvgIpc) is 3.04. The Hall–Kier alpha value is -2.04. The number of para-hydroxylation sites is 2. The molecule has 0 unspecified atom stereocenters. The van der Waals surface area contributed by atoms with Crippen molar-refractivity contribution in [3.63, 3.8) is 0 Å². The van der Waals surface area contributed by atoms with Gasteiger partial charge in [-0.05, 0) is 42.7 Å². The number of unbranched alkanes of at least 4 members (excludes halogenated alkanes) is 2. The first kappa shape index (κ1) is 20.7. The summed E-state index contributed by atoms with van der Waals surface area (Å²) in [6, 6.07) is 13.8. The zero-order chi connectivity index (χ0) is 19.9. The van der Waals surface area contributed by atoms with Crippen LogP contribution in [-0.2, 0) is 17.8 Å². The molecule has 0 atom stereocenters. The summed E-state index contributed by atoms with van der Waals surface area (Å²) in [6.07, 6.45) is 4.49. The van der Waals surface area contributed by atoms with E-state index in [1.165, 1.54) is 0 Å². The Labute approximate surface area is 175 Å². The fourth-order valence-electron chi connectivity index (χ4n) is 3.25. The van der Waals surface area contributed by atoms with Gasteiger partial charge in [0.15, 0.2) is 0 Å². The van der Waals surface area contributed by atoms with Crippen LogP contribution < -0.4 is 5.32 Å². The van der Waals surface area contributed by atoms with E-state index in [9.17, 15) is 4.79 Å². The third-order valence-corrected chi connectivity index (χ3v) is 5.38. The lowest BCUT2D eigenvalue weighted by Gasteiger charge is -2.11. The number of amides is 1. The number of nitrogens with zero attached hydrogens (tertiary/aromatic N) is 2. The van der Waals surface area contributed by atoms with Crippen molar-refractivity contribution < 1.29 is 4.79 Å². The number of nitrogens with one attached hydrogen (secondary N) is 1. The summed E-state index contributed by atoms with van der Waals surface area (Å²) >= 11 is 12.4. The number of halogens is 2. The number of imidazole rings is 1. The Morgan fingerprint density at radius 3 is 2.71 bits per heavy atom. The second-order valence-corrected chi connectivity index (χ2v) is 7.70. The molecule has 3 aromatic rings. The summed E-state index contributed by atoms with van der Waals surface area (Å²) < 4.78 is 2.24. The molecule has 0 aliphatic carbocycles. The van der Waals surface area contributed by atoms with Crippen LogP contribution in [0.4, 0.5) is 0 Å². The summed E-state index contributed by atoms with van der Waals surface area (Å²) in [5.41, 5.74) is 3.13. The van der Waals surface area contributed by atoms with Gasteiger partial charge in [-0.25, -0.2) is 4.98 Å². The predicted molar refractivity (Wildman–Crippen MR) is 116 cm³/mol. The van der Waals surface area contributed by atoms with Crippen molar-refractivity contribution in [1.29, 1.82) is 0 Å². The maximum atomic E-state index is 11.3. The topological polar surface area (TPSA) is 46.9 Å². The molecule has 3 rings (SSSR count). The molecule has 1 N–H and O–H groups in total. The fourth-order valence-corrected chi connectivity index (χ4v) is 3.72. The molecule has 1 amide bonds. The predicted octanol–water partition coefficient (Wildman–Crippen LogP) is 5.63. The van der Waals surface area contributed by atoms with Crippen molar-refractivity contribution in [2.24, 2.45) is 0 Å². The first-order valence-electron chi connectivity index (χ1n) is 9.73. The summed E-state index contributed by atoms with van der Waals surface area (Å²) in [7, 11) is 0. The van der Waals surface area contributed by atoms with E-state index in [0.717, 1.165) is 54.6 Å². The smallest absolute Gasteiger partial charge is 0.219 e. The highest BCUT2D eigenvalue weighted by Crippen LogP contribution is 2.25. The molecular weight excluding hydrogens is 393 g/mol. The van der Waals surface area contributed by atoms with Gasteiger partial charge >= 0.3 is 0 Å². The van der Waals surface area contributed by atoms with Gasteiger partial charge in [-0.1, -0.05) is 54.7 Å². The molecule has 0 fully saturated rings. The van der Waals surface area contributed by atoms with Crippen LogP contribution in [0.1, 0.15) is 44.0 Å². The van der Waals surface area contributed by atoms with Crippen molar-refractivity contribution in [2.45, 2.75) is 45.6 Å². The lowest BCUT2D eigenvalue weighted by Crippen LogP contribution is -2.23. The quantitative estimate of drug-likeness (QED) is 0.458. The molecule has 0 bridgehead atoms. The Kier molecular flexibility index (Phi) is 7.35. The van der Waals surface area contributed by atoms with Crippen molar-refractivity contribution in [1.82, 2.24) is 14.9 Å². The largest absolute Gasteiger partial charge is 0.356 e. The summed E-state index contributed by atoms with van der Waals surface area (Å²) in [4.78, 5) is 16.1. The monoisotopic (exact) mass is 417 g/mol. The zero-order valence-electron chi connectivity index (χ0n) is 16.0. The summed E-state index contributed by atoms with van der Waals surface area (Å²) in [5, 5.41) is 4.23. The maximum absolute atomic E-state index is 11.3. The molecule has 0 saturated heterocycles. The Morgan fingerprint density at radius 1 is 1.11 bits per heavy atom. The van der Waals surface area contributed by atoms with Gasteiger partial charge in [0, 0.05) is 29.4 Å². The second-order valence-electron chi connectivity index (χ2n) is 6.85. The number of aromatic nitrogens is 2. The number of aryl methyl sites for hydroxylation is 1. The fraction of sp³-hybridized carbons (Fsp3) is 0.364. The third kappa shape index (κ3) is 5.27. The maximum Gasteiger partial charge on any atom is 0.219 e. The molecule has 4 nitrogen and oxygen atoms in total. The molecule has 0 saturated carbocycles. The number of benzene rings is 2. The van der Waals surface area contributed by atoms with Gasteiger partial charge in [-0.2, -0.15) is 0 Å². The SMILES string of the molecule is CCC(=O)NCCCCCc1nc2ccccc2n1Cc1ccc(Cl)cc1Cl. The van der Waals surface area contributed by atoms with Crippen LogP contribution in [0.3, 0.4) is 0 Å². The first-order valence-corrected chi connectivity index (χ1v) is 10.5. The molecule has 0 spiro atoms. The van der Waals surface area contributed by atoms with Gasteiger partial charge < -0.3 is 9.88 Å². The molecular formula is C22H25Cl2N3O. The third-order valence-electron chi connectivity index (χ3n) is 4.80. The molecule has 28 heavy (non-hydrogen) atoms. The number of carbonyl (C=O) groups excluding carboxylic acids is 1. The minimum absolute atomic E-state index is 0.113. The van der Waals surface area contributed by atoms with Gasteiger partial charge in [0.2, 0.25) is 5.91 Å². The molecule has 2 aromatic carbocycles. The van der Waals surface area contributed by atoms with Crippen LogP contribution in [0.5, 0.6) is 0 Å². The molecule has 6 heteroatoms. The van der Waals surface area contributed by atoms with Gasteiger partial charge in [0.25, 0.3) is 0 Å². The second kappa shape index (κ2) is 9.94. The van der Waals surface area contributed by atoms with Crippen LogP contribution in [-0.4, -0.2) is 22.0 Å². The van der Waals surface area contributed by atoms with Crippen molar-refractivity contribution >= 4 is 40.1 Å². The molecule has 0 aliphatic rings. The van der Waals surface area contributed by atoms with E-state index in [1.54, 1.807) is 6.07 Å². The van der Waals surface area contributed by atoms with Crippen LogP contribution >= 0.6 is 23.2 Å². The van der Waals surface area contributed by atoms with Gasteiger partial charge in [0.1, 0.15) is 5.82 Å². The number of carbonyl (C=O) groups is 1.